The SMILES string of the molecule is O=C(CNC(=O)c1ccc(N2CCCC2=O)cc1)OCc1cc(-c2ccco2)on1. The summed E-state index contributed by atoms with van der Waals surface area (Å²) in [6, 6.07) is 11.7. The zero-order valence-electron chi connectivity index (χ0n) is 16.0. The smallest absolute Gasteiger partial charge is 0.325 e. The van der Waals surface area contributed by atoms with Crippen LogP contribution >= 0.6 is 0 Å². The molecule has 9 nitrogen and oxygen atoms in total. The van der Waals surface area contributed by atoms with Gasteiger partial charge < -0.3 is 23.9 Å². The molecular formula is C21H19N3O6. The number of furan rings is 1. The van der Waals surface area contributed by atoms with Crippen LogP contribution in [0.25, 0.3) is 11.5 Å². The minimum absolute atomic E-state index is 0.0818. The fourth-order valence-electron chi connectivity index (χ4n) is 3.09. The van der Waals surface area contributed by atoms with E-state index in [4.69, 9.17) is 13.7 Å². The third-order valence-corrected chi connectivity index (χ3v) is 4.61. The number of hydrogen-bond acceptors (Lipinski definition) is 7. The van der Waals surface area contributed by atoms with Crippen LogP contribution in [0.1, 0.15) is 28.9 Å². The van der Waals surface area contributed by atoms with Crippen LogP contribution in [0.5, 0.6) is 0 Å². The first-order valence-electron chi connectivity index (χ1n) is 9.44. The summed E-state index contributed by atoms with van der Waals surface area (Å²) in [5.74, 6) is 0.0159. The second kappa shape index (κ2) is 8.64. The maximum absolute atomic E-state index is 12.2. The molecule has 0 bridgehead atoms. The summed E-state index contributed by atoms with van der Waals surface area (Å²) in [5.41, 5.74) is 1.57. The number of aromatic nitrogens is 1. The van der Waals surface area contributed by atoms with Crippen molar-refractivity contribution in [1.29, 1.82) is 0 Å². The third-order valence-electron chi connectivity index (χ3n) is 4.61. The monoisotopic (exact) mass is 409 g/mol. The van der Waals surface area contributed by atoms with E-state index in [-0.39, 0.29) is 19.1 Å². The fourth-order valence-corrected chi connectivity index (χ4v) is 3.09. The van der Waals surface area contributed by atoms with E-state index < -0.39 is 11.9 Å². The summed E-state index contributed by atoms with van der Waals surface area (Å²) in [7, 11) is 0. The maximum Gasteiger partial charge on any atom is 0.325 e. The normalized spacial score (nSPS) is 13.5. The molecular weight excluding hydrogens is 390 g/mol. The van der Waals surface area contributed by atoms with E-state index in [0.29, 0.717) is 35.7 Å². The highest BCUT2D eigenvalue weighted by molar-refractivity contribution is 5.98. The zero-order valence-corrected chi connectivity index (χ0v) is 16.0. The Hall–Kier alpha value is -3.88. The predicted octanol–water partition coefficient (Wildman–Crippen LogP) is 2.53. The lowest BCUT2D eigenvalue weighted by Gasteiger charge is -2.15. The molecule has 1 aliphatic heterocycles. The lowest BCUT2D eigenvalue weighted by molar-refractivity contribution is -0.143. The molecule has 0 saturated carbocycles. The summed E-state index contributed by atoms with van der Waals surface area (Å²) >= 11 is 0. The average molecular weight is 409 g/mol. The average Bonchev–Trinajstić information content (AvgIpc) is 3.52. The number of carbonyl (C=O) groups excluding carboxylic acids is 3. The van der Waals surface area contributed by atoms with Crippen LogP contribution in [0.2, 0.25) is 0 Å². The number of hydrogen-bond donors (Lipinski definition) is 1. The molecule has 0 unspecified atom stereocenters. The van der Waals surface area contributed by atoms with E-state index in [1.807, 2.05) is 0 Å². The van der Waals surface area contributed by atoms with Crippen molar-refractivity contribution < 1.29 is 28.1 Å². The van der Waals surface area contributed by atoms with Crippen LogP contribution in [-0.4, -0.2) is 36.0 Å². The Morgan fingerprint density at radius 2 is 2.00 bits per heavy atom. The van der Waals surface area contributed by atoms with E-state index in [1.54, 1.807) is 47.4 Å². The van der Waals surface area contributed by atoms with Gasteiger partial charge in [0.25, 0.3) is 5.91 Å². The number of carbonyl (C=O) groups is 3. The van der Waals surface area contributed by atoms with Gasteiger partial charge in [-0.05, 0) is 42.8 Å². The lowest BCUT2D eigenvalue weighted by atomic mass is 10.2. The van der Waals surface area contributed by atoms with E-state index >= 15 is 0 Å². The van der Waals surface area contributed by atoms with E-state index in [1.165, 1.54) is 6.26 Å². The van der Waals surface area contributed by atoms with E-state index in [2.05, 4.69) is 10.5 Å². The Morgan fingerprint density at radius 1 is 1.17 bits per heavy atom. The van der Waals surface area contributed by atoms with Crippen LogP contribution in [0.15, 0.2) is 57.7 Å². The van der Waals surface area contributed by atoms with E-state index in [9.17, 15) is 14.4 Å². The summed E-state index contributed by atoms with van der Waals surface area (Å²) < 4.78 is 15.4. The molecule has 154 valence electrons. The zero-order chi connectivity index (χ0) is 20.9. The van der Waals surface area contributed by atoms with Crippen LogP contribution < -0.4 is 10.2 Å². The van der Waals surface area contributed by atoms with Gasteiger partial charge in [0.1, 0.15) is 18.8 Å². The number of rotatable bonds is 7. The van der Waals surface area contributed by atoms with Crippen molar-refractivity contribution in [2.75, 3.05) is 18.0 Å². The molecule has 0 spiro atoms. The minimum atomic E-state index is -0.606. The summed E-state index contributed by atoms with van der Waals surface area (Å²) in [6.45, 7) is 0.316. The number of esters is 1. The molecule has 2 aromatic heterocycles. The number of benzene rings is 1. The number of amides is 2. The van der Waals surface area contributed by atoms with Crippen LogP contribution in [0, 0.1) is 0 Å². The van der Waals surface area contributed by atoms with Crippen molar-refractivity contribution in [3.05, 3.63) is 60.0 Å². The number of nitrogens with zero attached hydrogens (tertiary/aromatic N) is 2. The molecule has 3 heterocycles. The van der Waals surface area contributed by atoms with Crippen molar-refractivity contribution in [2.45, 2.75) is 19.4 Å². The molecule has 1 fully saturated rings. The number of anilines is 1. The van der Waals surface area contributed by atoms with Gasteiger partial charge in [-0.1, -0.05) is 5.16 Å². The van der Waals surface area contributed by atoms with Crippen molar-refractivity contribution in [2.24, 2.45) is 0 Å². The predicted molar refractivity (Wildman–Crippen MR) is 104 cm³/mol. The van der Waals surface area contributed by atoms with Gasteiger partial charge in [0.15, 0.2) is 5.76 Å². The molecule has 1 aromatic carbocycles. The molecule has 1 aliphatic rings. The molecule has 9 heteroatoms. The highest BCUT2D eigenvalue weighted by atomic mass is 16.5. The second-order valence-electron chi connectivity index (χ2n) is 6.70. The maximum atomic E-state index is 12.2. The highest BCUT2D eigenvalue weighted by Crippen LogP contribution is 2.22. The molecule has 0 atom stereocenters. The van der Waals surface area contributed by atoms with Crippen LogP contribution in [-0.2, 0) is 20.9 Å². The van der Waals surface area contributed by atoms with Crippen LogP contribution in [0.4, 0.5) is 5.69 Å². The van der Waals surface area contributed by atoms with Gasteiger partial charge in [0.05, 0.1) is 6.26 Å². The standard InChI is InChI=1S/C21H19N3O6/c25-19-4-1-9-24(19)16-7-5-14(6-8-16)21(27)22-12-20(26)29-13-15-11-18(30-23-15)17-3-2-10-28-17/h2-3,5-8,10-11H,1,4,9,12-13H2,(H,22,27). The third kappa shape index (κ3) is 4.40. The molecule has 1 N–H and O–H groups in total. The molecule has 0 aliphatic carbocycles. The summed E-state index contributed by atoms with van der Waals surface area (Å²) in [5, 5.41) is 6.31. The Kier molecular flexibility index (Phi) is 5.60. The first kappa shape index (κ1) is 19.4. The van der Waals surface area contributed by atoms with Crippen molar-refractivity contribution in [1.82, 2.24) is 10.5 Å². The lowest BCUT2D eigenvalue weighted by Crippen LogP contribution is -2.30. The Morgan fingerprint density at radius 3 is 2.70 bits per heavy atom. The molecule has 0 radical (unpaired) electrons. The molecule has 4 rings (SSSR count). The first-order chi connectivity index (χ1) is 14.6. The Bertz CT molecular complexity index is 1040. The second-order valence-corrected chi connectivity index (χ2v) is 6.70. The summed E-state index contributed by atoms with van der Waals surface area (Å²) in [4.78, 5) is 37.6. The van der Waals surface area contributed by atoms with Crippen molar-refractivity contribution in [3.8, 4) is 11.5 Å². The fraction of sp³-hybridized carbons (Fsp3) is 0.238. The van der Waals surface area contributed by atoms with Gasteiger partial charge in [-0.25, -0.2) is 0 Å². The van der Waals surface area contributed by atoms with Gasteiger partial charge in [0, 0.05) is 30.3 Å². The Labute approximate surface area is 171 Å². The van der Waals surface area contributed by atoms with Crippen LogP contribution in [0.3, 0.4) is 0 Å². The molecule has 30 heavy (non-hydrogen) atoms. The van der Waals surface area contributed by atoms with E-state index in [0.717, 1.165) is 12.1 Å². The van der Waals surface area contributed by atoms with Crippen molar-refractivity contribution in [3.63, 3.8) is 0 Å². The highest BCUT2D eigenvalue weighted by Gasteiger charge is 2.21. The number of ether oxygens (including phenoxy) is 1. The number of nitrogens with one attached hydrogen (secondary N) is 1. The van der Waals surface area contributed by atoms with Gasteiger partial charge in [0.2, 0.25) is 11.7 Å². The van der Waals surface area contributed by atoms with Gasteiger partial charge in [-0.15, -0.1) is 0 Å². The first-order valence-corrected chi connectivity index (χ1v) is 9.44. The van der Waals surface area contributed by atoms with Gasteiger partial charge in [-0.3, -0.25) is 14.4 Å². The van der Waals surface area contributed by atoms with Gasteiger partial charge in [-0.2, -0.15) is 0 Å². The van der Waals surface area contributed by atoms with Gasteiger partial charge >= 0.3 is 5.97 Å². The summed E-state index contributed by atoms with van der Waals surface area (Å²) in [6.07, 6.45) is 2.89. The molecule has 1 saturated heterocycles. The molecule has 2 amide bonds. The quantitative estimate of drug-likeness (QED) is 0.596. The van der Waals surface area contributed by atoms with Crippen molar-refractivity contribution >= 4 is 23.5 Å². The minimum Gasteiger partial charge on any atom is -0.461 e. The Balaban J connectivity index is 1.23. The molecule has 3 aromatic rings. The largest absolute Gasteiger partial charge is 0.461 e. The topological polar surface area (TPSA) is 115 Å².